The summed E-state index contributed by atoms with van der Waals surface area (Å²) < 4.78 is 10.1. The van der Waals surface area contributed by atoms with Crippen molar-refractivity contribution in [2.45, 2.75) is 282 Å². The van der Waals surface area contributed by atoms with E-state index in [1.807, 2.05) is 74.5 Å². The summed E-state index contributed by atoms with van der Waals surface area (Å²) in [5.74, 6) is -0.767. The van der Waals surface area contributed by atoms with Crippen molar-refractivity contribution in [2.24, 2.45) is 0 Å². The van der Waals surface area contributed by atoms with E-state index < -0.39 is 0 Å². The van der Waals surface area contributed by atoms with Gasteiger partial charge in [0.15, 0.2) is 0 Å². The summed E-state index contributed by atoms with van der Waals surface area (Å²) in [6, 6.07) is 96.2. The number of benzene rings is 18. The van der Waals surface area contributed by atoms with Gasteiger partial charge in [-0.1, -0.05) is 379 Å². The molecule has 0 N–H and O–H groups in total. The Morgan fingerprint density at radius 2 is 0.432 bits per heavy atom. The quantitative estimate of drug-likeness (QED) is 0.135. The standard InChI is InChI=1S/C38H50.C30H30.C26H22O4.C26H38.C22H18/c1-23-31(37(9,10)11)21-25-19-27(35(3,4)5)15-17-29(25)33(23)34-24(2)32(38(12,13)14)22-26-20-28(36(6,7)8)16-18-30(26)34;1-19-17-27(25-13-9-7-10-14-25)23(5)29(21(19)3)30-22(4)20(2)18-28(24(30)6)26-15-11-8-12-16-26;1-15-21(25(27)29-3)13-17-9-5-7-11-19(17)23(15)24-16(2)22(26(28)30-4)14-18-10-6-8-12-20(18)24;1-15-13-21(25(7,8)9)19(5)23(17(15)3)24-18(4)16(2)14-22(20(24)6)26(10,11)12;1-15-11-13-17-7-3-5-9-19(17)21(15)22-16(2)12-14-18-8-4-6-10-20(18)22/h15-22H,1-14H3;7-18H,1-6H3;5-14H,1-4H3;13-14H,1-12H3;3-14H,1-2H3. The highest BCUT2D eigenvalue weighted by Gasteiger charge is 2.33. The van der Waals surface area contributed by atoms with Crippen molar-refractivity contribution in [1.82, 2.24) is 0 Å². The molecule has 146 heavy (non-hydrogen) atoms. The van der Waals surface area contributed by atoms with Crippen LogP contribution in [-0.4, -0.2) is 26.2 Å². The van der Waals surface area contributed by atoms with Crippen LogP contribution in [0.2, 0.25) is 0 Å². The third-order valence-electron chi connectivity index (χ3n) is 31.3. The van der Waals surface area contributed by atoms with Gasteiger partial charge >= 0.3 is 11.9 Å². The predicted molar refractivity (Wildman–Crippen MR) is 635 cm³/mol. The minimum Gasteiger partial charge on any atom is -0.465 e. The summed E-state index contributed by atoms with van der Waals surface area (Å²) in [6.07, 6.45) is 0. The van der Waals surface area contributed by atoms with Gasteiger partial charge in [0, 0.05) is 0 Å². The summed E-state index contributed by atoms with van der Waals surface area (Å²) in [7, 11) is 2.77. The van der Waals surface area contributed by atoms with Gasteiger partial charge in [-0.2, -0.15) is 0 Å². The molecule has 18 rings (SSSR count). The fraction of sp³-hybridized carbons (Fsp3) is 0.310. The zero-order valence-electron chi connectivity index (χ0n) is 95.0. The Morgan fingerprint density at radius 3 is 0.726 bits per heavy atom. The van der Waals surface area contributed by atoms with Crippen LogP contribution in [0.15, 0.2) is 267 Å². The van der Waals surface area contributed by atoms with E-state index in [1.54, 1.807) is 0 Å². The molecule has 18 aromatic rings. The number of hydrogen-bond acceptors (Lipinski definition) is 4. The molecule has 0 radical (unpaired) electrons. The average molecular weight is 1930 g/mol. The fourth-order valence-corrected chi connectivity index (χ4v) is 22.8. The van der Waals surface area contributed by atoms with Gasteiger partial charge in [-0.3, -0.25) is 0 Å². The molecule has 0 aliphatic carbocycles. The second kappa shape index (κ2) is 42.1. The van der Waals surface area contributed by atoms with E-state index in [9.17, 15) is 9.59 Å². The number of fused-ring (bicyclic) bond motifs is 6. The first-order valence-electron chi connectivity index (χ1n) is 52.4. The Kier molecular flexibility index (Phi) is 31.2. The molecule has 4 heteroatoms. The van der Waals surface area contributed by atoms with Crippen LogP contribution in [0.25, 0.3) is 143 Å². The monoisotopic (exact) mass is 1930 g/mol. The van der Waals surface area contributed by atoms with Crippen molar-refractivity contribution in [3.8, 4) is 77.9 Å². The lowest BCUT2D eigenvalue weighted by Gasteiger charge is -2.30. The molecule has 0 fully saturated rings. The summed E-state index contributed by atoms with van der Waals surface area (Å²) in [5.41, 5.74) is 52.3. The van der Waals surface area contributed by atoms with Gasteiger partial charge in [0.1, 0.15) is 0 Å². The molecule has 0 aliphatic rings. The first-order chi connectivity index (χ1) is 68.5. The summed E-state index contributed by atoms with van der Waals surface area (Å²) in [5, 5.41) is 14.6. The van der Waals surface area contributed by atoms with Gasteiger partial charge < -0.3 is 9.47 Å². The highest BCUT2D eigenvalue weighted by atomic mass is 16.5. The topological polar surface area (TPSA) is 52.6 Å². The highest BCUT2D eigenvalue weighted by Crippen LogP contribution is 2.52. The van der Waals surface area contributed by atoms with Crippen molar-refractivity contribution in [3.05, 3.63) is 412 Å². The van der Waals surface area contributed by atoms with Crippen molar-refractivity contribution in [3.63, 3.8) is 0 Å². The number of esters is 2. The van der Waals surface area contributed by atoms with Crippen LogP contribution in [0.5, 0.6) is 0 Å². The van der Waals surface area contributed by atoms with Gasteiger partial charge in [-0.05, 0) is 445 Å². The Hall–Kier alpha value is -13.5. The average Bonchev–Trinajstić information content (AvgIpc) is 0.806. The Morgan fingerprint density at radius 1 is 0.185 bits per heavy atom. The van der Waals surface area contributed by atoms with E-state index in [1.165, 1.54) is 246 Å². The minimum absolute atomic E-state index is 0.0511. The molecule has 750 valence electrons. The maximum absolute atomic E-state index is 12.5. The number of methoxy groups -OCH3 is 2. The van der Waals surface area contributed by atoms with E-state index in [-0.39, 0.29) is 44.4 Å². The molecule has 0 saturated carbocycles. The van der Waals surface area contributed by atoms with Crippen LogP contribution in [-0.2, 0) is 42.0 Å². The van der Waals surface area contributed by atoms with Gasteiger partial charge in [0.05, 0.1) is 25.3 Å². The zero-order valence-corrected chi connectivity index (χ0v) is 95.0. The van der Waals surface area contributed by atoms with E-state index in [4.69, 9.17) is 9.47 Å². The normalized spacial score (nSPS) is 12.0. The summed E-state index contributed by atoms with van der Waals surface area (Å²) >= 11 is 0. The fourth-order valence-electron chi connectivity index (χ4n) is 22.8. The number of carbonyl (C=O) groups excluding carboxylic acids is 2. The molecule has 0 amide bonds. The van der Waals surface area contributed by atoms with Gasteiger partial charge in [0.2, 0.25) is 0 Å². The number of rotatable bonds is 9. The van der Waals surface area contributed by atoms with Crippen LogP contribution < -0.4 is 0 Å². The molecular weight excluding hydrogens is 1770 g/mol. The van der Waals surface area contributed by atoms with E-state index in [2.05, 4.69) is 442 Å². The predicted octanol–water partition coefficient (Wildman–Crippen LogP) is 39.9. The molecule has 18 aromatic carbocycles. The van der Waals surface area contributed by atoms with Crippen molar-refractivity contribution in [2.75, 3.05) is 14.2 Å². The number of hydrogen-bond donors (Lipinski definition) is 0. The lowest BCUT2D eigenvalue weighted by atomic mass is 9.74. The molecule has 0 heterocycles. The molecule has 0 bridgehead atoms. The second-order valence-electron chi connectivity index (χ2n) is 47.6. The summed E-state index contributed by atoms with van der Waals surface area (Å²) in [6.45, 7) is 82.2. The molecule has 0 aromatic heterocycles. The Bertz CT molecular complexity index is 7640. The molecule has 0 aliphatic heterocycles. The third kappa shape index (κ3) is 21.6. The van der Waals surface area contributed by atoms with Crippen LogP contribution in [0.1, 0.15) is 279 Å². The first kappa shape index (κ1) is 108. The van der Waals surface area contributed by atoms with Crippen LogP contribution in [0.3, 0.4) is 0 Å². The van der Waals surface area contributed by atoms with Gasteiger partial charge in [-0.15, -0.1) is 0 Å². The first-order valence-corrected chi connectivity index (χ1v) is 52.4. The second-order valence-corrected chi connectivity index (χ2v) is 47.6. The molecular formula is C142H158O4. The smallest absolute Gasteiger partial charge is 0.338 e. The Balaban J connectivity index is 0.000000146. The highest BCUT2D eigenvalue weighted by molar-refractivity contribution is 6.15. The maximum Gasteiger partial charge on any atom is 0.338 e. The SMILES string of the molecule is COC(=O)c1cc2ccccc2c(-c2c(C)c(C(=O)OC)cc3ccccc23)c1C.Cc1c(C(C)(C)C)cc2cc(C(C)(C)C)ccc2c1-c1c(C)c(C(C)(C)C)cc2cc(C(C)(C)C)ccc12.Cc1cc(-c2ccccc2)c(C)c(-c2c(C)c(C)cc(-c3ccccc3)c2C)c1C.Cc1cc(C(C)(C)C)c(C)c(-c2c(C)c(C)cc(C(C)(C)C)c2C)c1C.Cc1ccc2ccccc2c1-c1c(C)ccc2ccccc12. The Labute approximate surface area is 875 Å². The number of carbonyl (C=O) groups is 2. The molecule has 4 nitrogen and oxygen atoms in total. The van der Waals surface area contributed by atoms with Crippen molar-refractivity contribution in [1.29, 1.82) is 0 Å². The molecule has 0 spiro atoms. The van der Waals surface area contributed by atoms with Crippen LogP contribution >= 0.6 is 0 Å². The third-order valence-corrected chi connectivity index (χ3v) is 31.3. The van der Waals surface area contributed by atoms with Crippen molar-refractivity contribution < 1.29 is 19.1 Å². The molecule has 0 saturated heterocycles. The van der Waals surface area contributed by atoms with E-state index in [0.29, 0.717) is 11.1 Å². The zero-order chi connectivity index (χ0) is 107. The van der Waals surface area contributed by atoms with E-state index in [0.717, 1.165) is 43.8 Å². The molecule has 0 atom stereocenters. The van der Waals surface area contributed by atoms with Crippen LogP contribution in [0, 0.1) is 125 Å². The largest absolute Gasteiger partial charge is 0.465 e. The maximum atomic E-state index is 12.5. The van der Waals surface area contributed by atoms with E-state index >= 15 is 0 Å². The van der Waals surface area contributed by atoms with Gasteiger partial charge in [0.25, 0.3) is 0 Å². The minimum atomic E-state index is -0.384. The summed E-state index contributed by atoms with van der Waals surface area (Å²) in [4.78, 5) is 25.1. The van der Waals surface area contributed by atoms with Crippen molar-refractivity contribution >= 4 is 76.6 Å². The van der Waals surface area contributed by atoms with Gasteiger partial charge in [-0.25, -0.2) is 9.59 Å². The number of aryl methyl sites for hydroxylation is 6. The lowest BCUT2D eigenvalue weighted by Crippen LogP contribution is -2.17. The number of ether oxygens (including phenoxy) is 2. The lowest BCUT2D eigenvalue weighted by molar-refractivity contribution is 0.0591. The molecule has 0 unspecified atom stereocenters. The van der Waals surface area contributed by atoms with Crippen LogP contribution in [0.4, 0.5) is 0 Å².